The first-order valence-corrected chi connectivity index (χ1v) is 9.59. The van der Waals surface area contributed by atoms with Gasteiger partial charge in [0, 0.05) is 26.2 Å². The van der Waals surface area contributed by atoms with Crippen LogP contribution in [-0.2, 0) is 13.0 Å². The molecule has 2 aromatic carbocycles. The van der Waals surface area contributed by atoms with Crippen molar-refractivity contribution in [3.05, 3.63) is 59.4 Å². The van der Waals surface area contributed by atoms with E-state index >= 15 is 0 Å². The maximum absolute atomic E-state index is 13.0. The smallest absolute Gasteiger partial charge is 0.161 e. The van der Waals surface area contributed by atoms with Crippen LogP contribution < -0.4 is 9.47 Å². The summed E-state index contributed by atoms with van der Waals surface area (Å²) in [6, 6.07) is 12.5. The molecule has 4 nitrogen and oxygen atoms in total. The van der Waals surface area contributed by atoms with Crippen LogP contribution in [0.2, 0.25) is 0 Å². The van der Waals surface area contributed by atoms with E-state index in [1.54, 1.807) is 19.2 Å². The Bertz CT molecular complexity index is 713. The summed E-state index contributed by atoms with van der Waals surface area (Å²) in [6.45, 7) is 6.15. The first-order chi connectivity index (χ1) is 13.1. The van der Waals surface area contributed by atoms with E-state index in [0.29, 0.717) is 6.61 Å². The molecule has 2 aromatic rings. The standard InChI is InChI=1S/C22H29FN2O2/c1-24-12-14-25(15-13-24)11-3-4-18-7-10-21(26-2)22(16-18)27-17-19-5-8-20(23)9-6-19/h5-10,16H,3-4,11-15,17H2,1-2H3. The number of benzene rings is 2. The van der Waals surface area contributed by atoms with Crippen LogP contribution in [0.5, 0.6) is 11.5 Å². The fraction of sp³-hybridized carbons (Fsp3) is 0.455. The third kappa shape index (κ3) is 5.94. The van der Waals surface area contributed by atoms with Gasteiger partial charge in [0.25, 0.3) is 0 Å². The van der Waals surface area contributed by atoms with Crippen LogP contribution in [-0.4, -0.2) is 56.7 Å². The van der Waals surface area contributed by atoms with Crippen molar-refractivity contribution in [3.63, 3.8) is 0 Å². The van der Waals surface area contributed by atoms with Crippen molar-refractivity contribution in [1.29, 1.82) is 0 Å². The van der Waals surface area contributed by atoms with Gasteiger partial charge in [0.2, 0.25) is 0 Å². The molecule has 1 fully saturated rings. The fourth-order valence-corrected chi connectivity index (χ4v) is 3.31. The minimum absolute atomic E-state index is 0.237. The minimum Gasteiger partial charge on any atom is -0.493 e. The van der Waals surface area contributed by atoms with Gasteiger partial charge in [-0.2, -0.15) is 0 Å². The number of ether oxygens (including phenoxy) is 2. The number of piperazine rings is 1. The van der Waals surface area contributed by atoms with Gasteiger partial charge in [-0.05, 0) is 61.8 Å². The zero-order chi connectivity index (χ0) is 19.1. The van der Waals surface area contributed by atoms with E-state index < -0.39 is 0 Å². The third-order valence-electron chi connectivity index (χ3n) is 5.07. The Morgan fingerprint density at radius 1 is 0.926 bits per heavy atom. The Morgan fingerprint density at radius 2 is 1.63 bits per heavy atom. The molecule has 0 amide bonds. The van der Waals surface area contributed by atoms with Crippen LogP contribution in [0.3, 0.4) is 0 Å². The van der Waals surface area contributed by atoms with Gasteiger partial charge in [0.1, 0.15) is 12.4 Å². The lowest BCUT2D eigenvalue weighted by Crippen LogP contribution is -2.44. The molecule has 0 unspecified atom stereocenters. The van der Waals surface area contributed by atoms with Crippen molar-refractivity contribution >= 4 is 0 Å². The molecule has 0 saturated carbocycles. The van der Waals surface area contributed by atoms with Crippen LogP contribution >= 0.6 is 0 Å². The van der Waals surface area contributed by atoms with Crippen molar-refractivity contribution in [2.24, 2.45) is 0 Å². The highest BCUT2D eigenvalue weighted by molar-refractivity contribution is 5.43. The molecule has 0 spiro atoms. The summed E-state index contributed by atoms with van der Waals surface area (Å²) in [4.78, 5) is 4.92. The van der Waals surface area contributed by atoms with Crippen molar-refractivity contribution < 1.29 is 13.9 Å². The van der Waals surface area contributed by atoms with Gasteiger partial charge in [0.05, 0.1) is 7.11 Å². The summed E-state index contributed by atoms with van der Waals surface area (Å²) >= 11 is 0. The molecule has 0 atom stereocenters. The first kappa shape index (κ1) is 19.6. The summed E-state index contributed by atoms with van der Waals surface area (Å²) in [6.07, 6.45) is 2.15. The number of hydrogen-bond donors (Lipinski definition) is 0. The highest BCUT2D eigenvalue weighted by atomic mass is 19.1. The normalized spacial score (nSPS) is 15.7. The molecule has 1 aliphatic heterocycles. The van der Waals surface area contributed by atoms with Gasteiger partial charge >= 0.3 is 0 Å². The van der Waals surface area contributed by atoms with Crippen molar-refractivity contribution in [3.8, 4) is 11.5 Å². The van der Waals surface area contributed by atoms with Gasteiger partial charge in [-0.3, -0.25) is 0 Å². The molecule has 0 radical (unpaired) electrons. The number of nitrogens with zero attached hydrogens (tertiary/aromatic N) is 2. The van der Waals surface area contributed by atoms with Gasteiger partial charge in [-0.1, -0.05) is 18.2 Å². The van der Waals surface area contributed by atoms with Crippen molar-refractivity contribution in [2.75, 3.05) is 46.9 Å². The van der Waals surface area contributed by atoms with E-state index in [1.807, 2.05) is 6.07 Å². The van der Waals surface area contributed by atoms with E-state index in [0.717, 1.165) is 62.6 Å². The number of likely N-dealkylation sites (N-methyl/N-ethyl adjacent to an activating group) is 1. The average Bonchev–Trinajstić information content (AvgIpc) is 2.69. The molecule has 146 valence electrons. The number of aryl methyl sites for hydroxylation is 1. The highest BCUT2D eigenvalue weighted by Crippen LogP contribution is 2.29. The van der Waals surface area contributed by atoms with Gasteiger partial charge in [-0.15, -0.1) is 0 Å². The molecule has 0 bridgehead atoms. The summed E-state index contributed by atoms with van der Waals surface area (Å²) < 4.78 is 24.4. The van der Waals surface area contributed by atoms with E-state index in [4.69, 9.17) is 9.47 Å². The Morgan fingerprint density at radius 3 is 2.33 bits per heavy atom. The second-order valence-electron chi connectivity index (χ2n) is 7.15. The quantitative estimate of drug-likeness (QED) is 0.707. The largest absolute Gasteiger partial charge is 0.493 e. The average molecular weight is 372 g/mol. The lowest BCUT2D eigenvalue weighted by atomic mass is 10.1. The lowest BCUT2D eigenvalue weighted by molar-refractivity contribution is 0.153. The number of halogens is 1. The molecule has 1 aliphatic rings. The Hall–Kier alpha value is -2.11. The molecule has 0 aromatic heterocycles. The van der Waals surface area contributed by atoms with Crippen LogP contribution in [0.4, 0.5) is 4.39 Å². The SMILES string of the molecule is COc1ccc(CCCN2CCN(C)CC2)cc1OCc1ccc(F)cc1. The summed E-state index contributed by atoms with van der Waals surface area (Å²) in [5, 5.41) is 0. The Labute approximate surface area is 161 Å². The summed E-state index contributed by atoms with van der Waals surface area (Å²) in [7, 11) is 3.83. The lowest BCUT2D eigenvalue weighted by Gasteiger charge is -2.32. The molecule has 5 heteroatoms. The second-order valence-corrected chi connectivity index (χ2v) is 7.15. The maximum Gasteiger partial charge on any atom is 0.161 e. The molecule has 0 N–H and O–H groups in total. The topological polar surface area (TPSA) is 24.9 Å². The monoisotopic (exact) mass is 372 g/mol. The number of rotatable bonds is 8. The minimum atomic E-state index is -0.237. The highest BCUT2D eigenvalue weighted by Gasteiger charge is 2.13. The summed E-state index contributed by atoms with van der Waals surface area (Å²) in [5.41, 5.74) is 2.18. The molecular weight excluding hydrogens is 343 g/mol. The van der Waals surface area contributed by atoms with E-state index in [9.17, 15) is 4.39 Å². The summed E-state index contributed by atoms with van der Waals surface area (Å²) in [5.74, 6) is 1.22. The van der Waals surface area contributed by atoms with Crippen molar-refractivity contribution in [2.45, 2.75) is 19.4 Å². The predicted molar refractivity (Wildman–Crippen MR) is 106 cm³/mol. The van der Waals surface area contributed by atoms with Gasteiger partial charge in [-0.25, -0.2) is 4.39 Å². The van der Waals surface area contributed by atoms with Crippen LogP contribution in [0, 0.1) is 5.82 Å². The number of hydrogen-bond acceptors (Lipinski definition) is 4. The second kappa shape index (κ2) is 9.72. The maximum atomic E-state index is 13.0. The van der Waals surface area contributed by atoms with Gasteiger partial charge in [0.15, 0.2) is 11.5 Å². The van der Waals surface area contributed by atoms with Crippen molar-refractivity contribution in [1.82, 2.24) is 9.80 Å². The Kier molecular flexibility index (Phi) is 7.07. The molecule has 1 saturated heterocycles. The molecule has 1 heterocycles. The van der Waals surface area contributed by atoms with E-state index in [1.165, 1.54) is 17.7 Å². The van der Waals surface area contributed by atoms with Crippen LogP contribution in [0.25, 0.3) is 0 Å². The third-order valence-corrected chi connectivity index (χ3v) is 5.07. The number of methoxy groups -OCH3 is 1. The van der Waals surface area contributed by atoms with Crippen LogP contribution in [0.1, 0.15) is 17.5 Å². The van der Waals surface area contributed by atoms with Crippen LogP contribution in [0.15, 0.2) is 42.5 Å². The predicted octanol–water partition coefficient (Wildman–Crippen LogP) is 3.59. The zero-order valence-electron chi connectivity index (χ0n) is 16.3. The zero-order valence-corrected chi connectivity index (χ0v) is 16.3. The Balaban J connectivity index is 1.53. The first-order valence-electron chi connectivity index (χ1n) is 9.59. The van der Waals surface area contributed by atoms with E-state index in [-0.39, 0.29) is 5.82 Å². The fourth-order valence-electron chi connectivity index (χ4n) is 3.31. The molecule has 0 aliphatic carbocycles. The van der Waals surface area contributed by atoms with E-state index in [2.05, 4.69) is 29.0 Å². The molecule has 27 heavy (non-hydrogen) atoms. The molecular formula is C22H29FN2O2. The van der Waals surface area contributed by atoms with Gasteiger partial charge < -0.3 is 19.3 Å². The molecule has 3 rings (SSSR count).